The lowest BCUT2D eigenvalue weighted by molar-refractivity contribution is 0.0277. The van der Waals surface area contributed by atoms with Crippen LogP contribution in [0.1, 0.15) is 39.2 Å². The summed E-state index contributed by atoms with van der Waals surface area (Å²) in [4.78, 5) is 14.0. The molecule has 0 saturated carbocycles. The summed E-state index contributed by atoms with van der Waals surface area (Å²) in [6.07, 6.45) is 1.93. The number of carbonyl (C=O) groups is 1. The zero-order chi connectivity index (χ0) is 14.6. The summed E-state index contributed by atoms with van der Waals surface area (Å²) in [7, 11) is 0. The molecule has 2 rings (SSSR count). The van der Waals surface area contributed by atoms with Crippen molar-refractivity contribution in [2.45, 2.75) is 50.3 Å². The van der Waals surface area contributed by atoms with Crippen LogP contribution in [0.15, 0.2) is 30.3 Å². The van der Waals surface area contributed by atoms with Crippen LogP contribution in [0, 0.1) is 0 Å². The molecule has 1 aromatic carbocycles. The van der Waals surface area contributed by atoms with Crippen molar-refractivity contribution < 1.29 is 9.53 Å². The van der Waals surface area contributed by atoms with E-state index in [1.54, 1.807) is 0 Å². The molecule has 20 heavy (non-hydrogen) atoms. The molecule has 1 heterocycles. The predicted molar refractivity (Wildman–Crippen MR) is 83.7 cm³/mol. The summed E-state index contributed by atoms with van der Waals surface area (Å²) in [5.41, 5.74) is 0.877. The van der Waals surface area contributed by atoms with E-state index in [9.17, 15) is 4.79 Å². The monoisotopic (exact) mass is 293 g/mol. The fourth-order valence-electron chi connectivity index (χ4n) is 2.21. The predicted octanol–water partition coefficient (Wildman–Crippen LogP) is 4.28. The number of amides is 1. The van der Waals surface area contributed by atoms with Gasteiger partial charge in [-0.2, -0.15) is 0 Å². The Labute approximate surface area is 125 Å². The molecule has 0 N–H and O–H groups in total. The minimum atomic E-state index is -0.422. The number of likely N-dealkylation sites (tertiary alicyclic amines) is 1. The first-order chi connectivity index (χ1) is 9.46. The fraction of sp³-hybridized carbons (Fsp3) is 0.562. The second-order valence-corrected chi connectivity index (χ2v) is 7.23. The molecule has 1 aliphatic heterocycles. The Kier molecular flexibility index (Phi) is 4.97. The Morgan fingerprint density at radius 1 is 1.35 bits per heavy atom. The quantitative estimate of drug-likeness (QED) is 0.833. The molecule has 0 radical (unpaired) electrons. The third-order valence-electron chi connectivity index (χ3n) is 3.11. The van der Waals surface area contributed by atoms with Crippen molar-refractivity contribution in [2.24, 2.45) is 0 Å². The molecule has 4 heteroatoms. The van der Waals surface area contributed by atoms with Crippen molar-refractivity contribution >= 4 is 17.9 Å². The van der Waals surface area contributed by atoms with Gasteiger partial charge in [-0.25, -0.2) is 4.79 Å². The summed E-state index contributed by atoms with van der Waals surface area (Å²) in [5, 5.41) is 0.241. The summed E-state index contributed by atoms with van der Waals surface area (Å²) >= 11 is 1.82. The molecule has 1 aromatic rings. The van der Waals surface area contributed by atoms with Crippen LogP contribution in [-0.2, 0) is 10.5 Å². The molecule has 1 fully saturated rings. The maximum Gasteiger partial charge on any atom is 0.411 e. The molecule has 0 bridgehead atoms. The molecule has 1 saturated heterocycles. The van der Waals surface area contributed by atoms with Crippen LogP contribution < -0.4 is 0 Å². The van der Waals surface area contributed by atoms with E-state index in [0.29, 0.717) is 0 Å². The SMILES string of the molecule is CC(C)(C)OC(=O)N1CCCC1SCc1ccccc1. The lowest BCUT2D eigenvalue weighted by Gasteiger charge is -2.28. The molecule has 0 spiro atoms. The Morgan fingerprint density at radius 2 is 2.05 bits per heavy atom. The van der Waals surface area contributed by atoms with E-state index in [4.69, 9.17) is 4.74 Å². The summed E-state index contributed by atoms with van der Waals surface area (Å²) in [6.45, 7) is 6.54. The second-order valence-electron chi connectivity index (χ2n) is 6.07. The van der Waals surface area contributed by atoms with E-state index in [1.807, 2.05) is 43.5 Å². The number of rotatable bonds is 3. The largest absolute Gasteiger partial charge is 0.444 e. The van der Waals surface area contributed by atoms with Gasteiger partial charge in [-0.05, 0) is 39.2 Å². The van der Waals surface area contributed by atoms with Crippen molar-refractivity contribution in [3.63, 3.8) is 0 Å². The third kappa shape index (κ3) is 4.44. The number of nitrogens with zero attached hydrogens (tertiary/aromatic N) is 1. The number of ether oxygens (including phenoxy) is 1. The highest BCUT2D eigenvalue weighted by atomic mass is 32.2. The van der Waals surface area contributed by atoms with E-state index >= 15 is 0 Å². The molecule has 3 nitrogen and oxygen atoms in total. The average molecular weight is 293 g/mol. The Hall–Kier alpha value is -1.16. The molecule has 1 unspecified atom stereocenters. The molecule has 1 atom stereocenters. The summed E-state index contributed by atoms with van der Waals surface area (Å²) < 4.78 is 5.48. The van der Waals surface area contributed by atoms with Gasteiger partial charge < -0.3 is 4.74 Å². The molecule has 1 amide bonds. The molecule has 0 aliphatic carbocycles. The maximum absolute atomic E-state index is 12.2. The van der Waals surface area contributed by atoms with Gasteiger partial charge in [0.2, 0.25) is 0 Å². The Balaban J connectivity index is 1.89. The highest BCUT2D eigenvalue weighted by Gasteiger charge is 2.32. The molecule has 0 aromatic heterocycles. The van der Waals surface area contributed by atoms with E-state index in [-0.39, 0.29) is 11.5 Å². The fourth-order valence-corrected chi connectivity index (χ4v) is 3.49. The van der Waals surface area contributed by atoms with Gasteiger partial charge in [-0.3, -0.25) is 4.90 Å². The topological polar surface area (TPSA) is 29.5 Å². The number of hydrogen-bond donors (Lipinski definition) is 0. The molecule has 110 valence electrons. The zero-order valence-corrected chi connectivity index (χ0v) is 13.3. The van der Waals surface area contributed by atoms with Crippen molar-refractivity contribution in [2.75, 3.05) is 6.54 Å². The maximum atomic E-state index is 12.2. The van der Waals surface area contributed by atoms with E-state index in [2.05, 4.69) is 24.3 Å². The summed E-state index contributed by atoms with van der Waals surface area (Å²) in [6, 6.07) is 10.4. The standard InChI is InChI=1S/C16H23NO2S/c1-16(2,3)19-15(18)17-11-7-10-14(17)20-12-13-8-5-4-6-9-13/h4-6,8-9,14H,7,10-12H2,1-3H3. The number of benzene rings is 1. The van der Waals surface area contributed by atoms with Crippen LogP contribution in [0.2, 0.25) is 0 Å². The van der Waals surface area contributed by atoms with E-state index < -0.39 is 5.60 Å². The van der Waals surface area contributed by atoms with E-state index in [0.717, 1.165) is 25.1 Å². The van der Waals surface area contributed by atoms with Gasteiger partial charge in [0.25, 0.3) is 0 Å². The molecular weight excluding hydrogens is 270 g/mol. The number of thioether (sulfide) groups is 1. The highest BCUT2D eigenvalue weighted by Crippen LogP contribution is 2.30. The van der Waals surface area contributed by atoms with Gasteiger partial charge in [-0.15, -0.1) is 11.8 Å². The zero-order valence-electron chi connectivity index (χ0n) is 12.5. The molecule has 1 aliphatic rings. The van der Waals surface area contributed by atoms with Gasteiger partial charge in [0.05, 0.1) is 5.37 Å². The Bertz CT molecular complexity index is 442. The van der Waals surface area contributed by atoms with Crippen molar-refractivity contribution in [1.29, 1.82) is 0 Å². The summed E-state index contributed by atoms with van der Waals surface area (Å²) in [5.74, 6) is 0.935. The Morgan fingerprint density at radius 3 is 2.70 bits per heavy atom. The number of carbonyl (C=O) groups excluding carboxylic acids is 1. The first-order valence-corrected chi connectivity index (χ1v) is 8.16. The minimum absolute atomic E-state index is 0.180. The van der Waals surface area contributed by atoms with Crippen LogP contribution >= 0.6 is 11.8 Å². The van der Waals surface area contributed by atoms with Crippen LogP contribution in [-0.4, -0.2) is 28.5 Å². The van der Waals surface area contributed by atoms with Crippen LogP contribution in [0.5, 0.6) is 0 Å². The van der Waals surface area contributed by atoms with Crippen molar-refractivity contribution in [1.82, 2.24) is 4.90 Å². The van der Waals surface area contributed by atoms with Crippen LogP contribution in [0.25, 0.3) is 0 Å². The minimum Gasteiger partial charge on any atom is -0.444 e. The van der Waals surface area contributed by atoms with E-state index in [1.165, 1.54) is 5.56 Å². The van der Waals surface area contributed by atoms with Crippen molar-refractivity contribution in [3.8, 4) is 0 Å². The van der Waals surface area contributed by atoms with Crippen molar-refractivity contribution in [3.05, 3.63) is 35.9 Å². The first kappa shape index (κ1) is 15.2. The number of hydrogen-bond acceptors (Lipinski definition) is 3. The van der Waals surface area contributed by atoms with Gasteiger partial charge in [0.1, 0.15) is 5.60 Å². The van der Waals surface area contributed by atoms with Crippen LogP contribution in [0.4, 0.5) is 4.79 Å². The average Bonchev–Trinajstić information content (AvgIpc) is 2.84. The van der Waals surface area contributed by atoms with Gasteiger partial charge in [0, 0.05) is 12.3 Å². The lowest BCUT2D eigenvalue weighted by atomic mass is 10.2. The second kappa shape index (κ2) is 6.53. The van der Waals surface area contributed by atoms with Crippen LogP contribution in [0.3, 0.4) is 0 Å². The van der Waals surface area contributed by atoms with Gasteiger partial charge >= 0.3 is 6.09 Å². The highest BCUT2D eigenvalue weighted by molar-refractivity contribution is 7.99. The smallest absolute Gasteiger partial charge is 0.411 e. The first-order valence-electron chi connectivity index (χ1n) is 7.11. The van der Waals surface area contributed by atoms with Gasteiger partial charge in [-0.1, -0.05) is 30.3 Å². The van der Waals surface area contributed by atoms with Gasteiger partial charge in [0.15, 0.2) is 0 Å². The molecular formula is C16H23NO2S. The normalized spacial score (nSPS) is 19.1. The lowest BCUT2D eigenvalue weighted by Crippen LogP contribution is -2.38. The third-order valence-corrected chi connectivity index (χ3v) is 4.49.